The van der Waals surface area contributed by atoms with E-state index < -0.39 is 0 Å². The molecule has 0 unspecified atom stereocenters. The second kappa shape index (κ2) is 6.39. The highest BCUT2D eigenvalue weighted by Gasteiger charge is 2.21. The summed E-state index contributed by atoms with van der Waals surface area (Å²) in [4.78, 5) is 9.62. The van der Waals surface area contributed by atoms with Gasteiger partial charge in [-0.1, -0.05) is 0 Å². The Kier molecular flexibility index (Phi) is 5.47. The minimum atomic E-state index is 0. The summed E-state index contributed by atoms with van der Waals surface area (Å²) in [7, 11) is 1.80. The maximum Gasteiger partial charge on any atom is 0.191 e. The number of hydrogen-bond donors (Lipinski definition) is 2. The van der Waals surface area contributed by atoms with Gasteiger partial charge in [0.05, 0.1) is 11.6 Å². The molecule has 0 spiro atoms. The zero-order valence-corrected chi connectivity index (χ0v) is 12.6. The number of thiazole rings is 1. The third kappa shape index (κ3) is 4.25. The number of nitrogens with zero attached hydrogens (tertiary/aromatic N) is 2. The van der Waals surface area contributed by atoms with Crippen molar-refractivity contribution in [3.05, 3.63) is 16.1 Å². The van der Waals surface area contributed by atoms with Gasteiger partial charge in [-0.3, -0.25) is 4.99 Å². The van der Waals surface area contributed by atoms with Crippen LogP contribution in [0.3, 0.4) is 0 Å². The number of aromatic nitrogens is 1. The Bertz CT molecular complexity index is 359. The normalized spacial score (nSPS) is 15.5. The third-order valence-electron chi connectivity index (χ3n) is 2.24. The monoisotopic (exact) mass is 352 g/mol. The lowest BCUT2D eigenvalue weighted by Crippen LogP contribution is -2.37. The molecule has 16 heavy (non-hydrogen) atoms. The lowest BCUT2D eigenvalue weighted by molar-refractivity contribution is 0.810. The van der Waals surface area contributed by atoms with Crippen molar-refractivity contribution in [1.82, 2.24) is 15.6 Å². The second-order valence-electron chi connectivity index (χ2n) is 3.69. The summed E-state index contributed by atoms with van der Waals surface area (Å²) in [6.07, 6.45) is 4.44. The number of aliphatic imine (C=N–C) groups is 1. The van der Waals surface area contributed by atoms with E-state index in [4.69, 9.17) is 0 Å². The van der Waals surface area contributed by atoms with E-state index in [1.54, 1.807) is 18.4 Å². The molecule has 4 nitrogen and oxygen atoms in total. The molecular formula is C10H17IN4S. The number of halogens is 1. The first-order chi connectivity index (χ1) is 7.28. The summed E-state index contributed by atoms with van der Waals surface area (Å²) >= 11 is 1.72. The molecule has 6 heteroatoms. The Hall–Kier alpha value is -0.370. The van der Waals surface area contributed by atoms with Crippen molar-refractivity contribution in [2.45, 2.75) is 32.4 Å². The standard InChI is InChI=1S/C10H16N4S.HI/c1-7-12-5-9(15-7)6-13-10(11-2)14-8-3-4-8;/h5,8H,3-4,6H2,1-2H3,(H2,11,13,14);1H. The van der Waals surface area contributed by atoms with Gasteiger partial charge >= 0.3 is 0 Å². The molecule has 1 aliphatic rings. The summed E-state index contributed by atoms with van der Waals surface area (Å²) in [6.45, 7) is 2.82. The molecule has 90 valence electrons. The van der Waals surface area contributed by atoms with Crippen LogP contribution < -0.4 is 10.6 Å². The van der Waals surface area contributed by atoms with E-state index in [-0.39, 0.29) is 24.0 Å². The SMILES string of the molecule is CN=C(NCc1cnc(C)s1)NC1CC1.I. The van der Waals surface area contributed by atoms with Crippen molar-refractivity contribution in [1.29, 1.82) is 0 Å². The Morgan fingerprint density at radius 1 is 1.62 bits per heavy atom. The molecule has 0 saturated heterocycles. The summed E-state index contributed by atoms with van der Waals surface area (Å²) < 4.78 is 0. The fourth-order valence-corrected chi connectivity index (χ4v) is 2.01. The Labute approximate surface area is 117 Å². The van der Waals surface area contributed by atoms with E-state index in [0.717, 1.165) is 17.5 Å². The minimum absolute atomic E-state index is 0. The maximum atomic E-state index is 4.21. The average Bonchev–Trinajstić information content (AvgIpc) is 2.95. The smallest absolute Gasteiger partial charge is 0.191 e. The predicted molar refractivity (Wildman–Crippen MR) is 78.6 cm³/mol. The quantitative estimate of drug-likeness (QED) is 0.496. The van der Waals surface area contributed by atoms with Gasteiger partial charge in [0, 0.05) is 24.2 Å². The molecule has 0 aliphatic heterocycles. The van der Waals surface area contributed by atoms with Crippen molar-refractivity contribution in [3.63, 3.8) is 0 Å². The van der Waals surface area contributed by atoms with Gasteiger partial charge in [0.15, 0.2) is 5.96 Å². The van der Waals surface area contributed by atoms with Gasteiger partial charge in [0.25, 0.3) is 0 Å². The van der Waals surface area contributed by atoms with Crippen LogP contribution in [0.25, 0.3) is 0 Å². The summed E-state index contributed by atoms with van der Waals surface area (Å²) in [5.41, 5.74) is 0. The molecule has 0 amide bonds. The molecule has 0 aromatic carbocycles. The van der Waals surface area contributed by atoms with Crippen molar-refractivity contribution >= 4 is 41.3 Å². The third-order valence-corrected chi connectivity index (χ3v) is 3.15. The van der Waals surface area contributed by atoms with E-state index in [1.165, 1.54) is 17.7 Å². The lowest BCUT2D eigenvalue weighted by atomic mass is 10.5. The zero-order chi connectivity index (χ0) is 10.7. The van der Waals surface area contributed by atoms with Crippen LogP contribution in [0.15, 0.2) is 11.2 Å². The number of aryl methyl sites for hydroxylation is 1. The van der Waals surface area contributed by atoms with Gasteiger partial charge in [0.1, 0.15) is 0 Å². The Morgan fingerprint density at radius 2 is 2.38 bits per heavy atom. The number of guanidine groups is 1. The number of rotatable bonds is 3. The molecule has 2 rings (SSSR count). The van der Waals surface area contributed by atoms with Crippen molar-refractivity contribution in [2.24, 2.45) is 4.99 Å². The second-order valence-corrected chi connectivity index (χ2v) is 5.01. The van der Waals surface area contributed by atoms with E-state index in [9.17, 15) is 0 Å². The van der Waals surface area contributed by atoms with Crippen LogP contribution in [-0.2, 0) is 6.54 Å². The first-order valence-electron chi connectivity index (χ1n) is 5.16. The number of hydrogen-bond acceptors (Lipinski definition) is 3. The van der Waals surface area contributed by atoms with Gasteiger partial charge in [-0.2, -0.15) is 0 Å². The fraction of sp³-hybridized carbons (Fsp3) is 0.600. The molecule has 1 aliphatic carbocycles. The molecule has 0 radical (unpaired) electrons. The van der Waals surface area contributed by atoms with Crippen LogP contribution in [0.2, 0.25) is 0 Å². The van der Waals surface area contributed by atoms with Gasteiger partial charge in [-0.05, 0) is 19.8 Å². The molecule has 1 heterocycles. The van der Waals surface area contributed by atoms with E-state index >= 15 is 0 Å². The van der Waals surface area contributed by atoms with Gasteiger partial charge in [0.2, 0.25) is 0 Å². The van der Waals surface area contributed by atoms with Crippen LogP contribution in [0.4, 0.5) is 0 Å². The molecule has 0 bridgehead atoms. The van der Waals surface area contributed by atoms with E-state index in [2.05, 4.69) is 20.6 Å². The van der Waals surface area contributed by atoms with E-state index in [0.29, 0.717) is 6.04 Å². The zero-order valence-electron chi connectivity index (χ0n) is 9.49. The van der Waals surface area contributed by atoms with Crippen LogP contribution in [0, 0.1) is 6.92 Å². The Balaban J connectivity index is 0.00000128. The molecule has 1 aromatic heterocycles. The van der Waals surface area contributed by atoms with Crippen molar-refractivity contribution in [2.75, 3.05) is 7.05 Å². The molecule has 2 N–H and O–H groups in total. The van der Waals surface area contributed by atoms with Crippen molar-refractivity contribution < 1.29 is 0 Å². The summed E-state index contributed by atoms with van der Waals surface area (Å²) in [6, 6.07) is 0.638. The number of nitrogens with one attached hydrogen (secondary N) is 2. The van der Waals surface area contributed by atoms with Gasteiger partial charge in [-0.15, -0.1) is 35.3 Å². The van der Waals surface area contributed by atoms with Gasteiger partial charge < -0.3 is 10.6 Å². The molecule has 1 fully saturated rings. The molecule has 0 atom stereocenters. The lowest BCUT2D eigenvalue weighted by Gasteiger charge is -2.09. The first-order valence-corrected chi connectivity index (χ1v) is 5.98. The summed E-state index contributed by atoms with van der Waals surface area (Å²) in [5, 5.41) is 7.73. The highest BCUT2D eigenvalue weighted by Crippen LogP contribution is 2.18. The molecule has 1 aromatic rings. The minimum Gasteiger partial charge on any atom is -0.354 e. The van der Waals surface area contributed by atoms with Crippen LogP contribution >= 0.6 is 35.3 Å². The highest BCUT2D eigenvalue weighted by atomic mass is 127. The highest BCUT2D eigenvalue weighted by molar-refractivity contribution is 14.0. The summed E-state index contributed by atoms with van der Waals surface area (Å²) in [5.74, 6) is 0.892. The predicted octanol–water partition coefficient (Wildman–Crippen LogP) is 1.90. The first kappa shape index (κ1) is 13.7. The van der Waals surface area contributed by atoms with Crippen LogP contribution in [-0.4, -0.2) is 24.0 Å². The topological polar surface area (TPSA) is 49.3 Å². The maximum absolute atomic E-state index is 4.21. The van der Waals surface area contributed by atoms with E-state index in [1.807, 2.05) is 13.1 Å². The average molecular weight is 352 g/mol. The van der Waals surface area contributed by atoms with Crippen LogP contribution in [0.1, 0.15) is 22.7 Å². The fourth-order valence-electron chi connectivity index (χ4n) is 1.27. The molecular weight excluding hydrogens is 335 g/mol. The van der Waals surface area contributed by atoms with Crippen LogP contribution in [0.5, 0.6) is 0 Å². The molecule has 1 saturated carbocycles. The largest absolute Gasteiger partial charge is 0.354 e. The van der Waals surface area contributed by atoms with Crippen molar-refractivity contribution in [3.8, 4) is 0 Å². The van der Waals surface area contributed by atoms with Gasteiger partial charge in [-0.25, -0.2) is 4.98 Å². The Morgan fingerprint density at radius 3 is 2.88 bits per heavy atom.